The number of hydrogen-bond acceptors (Lipinski definition) is 7. The molecule has 0 radical (unpaired) electrons. The molecule has 5 rings (SSSR count). The number of para-hydroxylation sites is 2. The molecule has 160 valence electrons. The minimum atomic E-state index is -0.489. The van der Waals surface area contributed by atoms with Crippen LogP contribution in [0.15, 0.2) is 72.8 Å². The number of aromatic nitrogens is 2. The lowest BCUT2D eigenvalue weighted by Gasteiger charge is -2.26. The van der Waals surface area contributed by atoms with Crippen LogP contribution in [0, 0.1) is 0 Å². The predicted octanol–water partition coefficient (Wildman–Crippen LogP) is 3.46. The van der Waals surface area contributed by atoms with Gasteiger partial charge < -0.3 is 14.4 Å². The van der Waals surface area contributed by atoms with E-state index in [1.54, 1.807) is 31.4 Å². The summed E-state index contributed by atoms with van der Waals surface area (Å²) in [5.74, 6) is 0.585. The topological polar surface area (TPSA) is 81.6 Å². The number of ether oxygens (including phenoxy) is 2. The fraction of sp³-hybridized carbons (Fsp3) is 0.200. The Morgan fingerprint density at radius 3 is 2.44 bits per heavy atom. The lowest BCUT2D eigenvalue weighted by molar-refractivity contribution is -0.140. The highest BCUT2D eigenvalue weighted by Crippen LogP contribution is 2.42. The van der Waals surface area contributed by atoms with Crippen LogP contribution in [0.3, 0.4) is 0 Å². The first-order valence-electron chi connectivity index (χ1n) is 10.4. The zero-order valence-corrected chi connectivity index (χ0v) is 17.5. The second kappa shape index (κ2) is 8.26. The highest BCUT2D eigenvalue weighted by molar-refractivity contribution is 5.98. The number of benzene rings is 2. The molecule has 1 aliphatic carbocycles. The Balaban J connectivity index is 1.32. The van der Waals surface area contributed by atoms with Gasteiger partial charge in [0.1, 0.15) is 12.3 Å². The normalized spacial score (nSPS) is 18.3. The number of carbonyl (C=O) groups excluding carboxylic acids is 2. The Labute approximate surface area is 185 Å². The van der Waals surface area contributed by atoms with Crippen molar-refractivity contribution >= 4 is 28.6 Å². The molecular formula is C25H21N3O4. The first-order valence-corrected chi connectivity index (χ1v) is 10.4. The summed E-state index contributed by atoms with van der Waals surface area (Å²) >= 11 is 0. The first-order chi connectivity index (χ1) is 15.6. The highest BCUT2D eigenvalue weighted by Gasteiger charge is 2.40. The number of esters is 1. The number of Topliss-reactive ketones (excluding diaryl/α,β-unsaturated/α-hetero) is 1. The number of ketones is 1. The minimum absolute atomic E-state index is 0.0147. The maximum absolute atomic E-state index is 12.7. The SMILES string of the molecule is COc1ccc(C(=O)COC(=O)CN2c3nc4ccccc4nc3[C@H]3C=CC=C[C@H]32)cc1. The Kier molecular flexibility index (Phi) is 5.15. The zero-order chi connectivity index (χ0) is 22.1. The van der Waals surface area contributed by atoms with Gasteiger partial charge in [-0.05, 0) is 36.4 Å². The van der Waals surface area contributed by atoms with Crippen LogP contribution in [0.1, 0.15) is 22.0 Å². The molecule has 32 heavy (non-hydrogen) atoms. The van der Waals surface area contributed by atoms with E-state index >= 15 is 0 Å². The monoisotopic (exact) mass is 427 g/mol. The molecule has 0 saturated carbocycles. The Hall–Kier alpha value is -4.00. The zero-order valence-electron chi connectivity index (χ0n) is 17.5. The van der Waals surface area contributed by atoms with Crippen LogP contribution in [0.4, 0.5) is 5.82 Å². The number of rotatable bonds is 6. The Bertz CT molecular complexity index is 1250. The summed E-state index contributed by atoms with van der Waals surface area (Å²) in [4.78, 5) is 36.5. The maximum atomic E-state index is 12.7. The molecule has 2 heterocycles. The number of fused-ring (bicyclic) bond motifs is 4. The summed E-state index contributed by atoms with van der Waals surface area (Å²) in [5, 5.41) is 0. The van der Waals surface area contributed by atoms with Gasteiger partial charge in [-0.2, -0.15) is 0 Å². The van der Waals surface area contributed by atoms with E-state index in [2.05, 4.69) is 6.08 Å². The van der Waals surface area contributed by atoms with Crippen molar-refractivity contribution in [2.45, 2.75) is 12.0 Å². The number of nitrogens with zero attached hydrogens (tertiary/aromatic N) is 3. The van der Waals surface area contributed by atoms with Gasteiger partial charge in [-0.15, -0.1) is 0 Å². The van der Waals surface area contributed by atoms with E-state index in [4.69, 9.17) is 19.4 Å². The van der Waals surface area contributed by atoms with E-state index in [1.807, 2.05) is 47.4 Å². The van der Waals surface area contributed by atoms with Crippen LogP contribution in [0.5, 0.6) is 5.75 Å². The summed E-state index contributed by atoms with van der Waals surface area (Å²) in [6, 6.07) is 14.3. The molecule has 0 spiro atoms. The van der Waals surface area contributed by atoms with Crippen molar-refractivity contribution in [3.8, 4) is 5.75 Å². The van der Waals surface area contributed by atoms with Crippen LogP contribution in [-0.2, 0) is 9.53 Å². The van der Waals surface area contributed by atoms with Crippen LogP contribution >= 0.6 is 0 Å². The third-order valence-corrected chi connectivity index (χ3v) is 5.71. The largest absolute Gasteiger partial charge is 0.497 e. The molecule has 2 aliphatic rings. The molecule has 0 amide bonds. The number of carbonyl (C=O) groups is 2. The van der Waals surface area contributed by atoms with Crippen LogP contribution < -0.4 is 9.64 Å². The van der Waals surface area contributed by atoms with Crippen molar-refractivity contribution in [3.63, 3.8) is 0 Å². The molecule has 2 aromatic carbocycles. The van der Waals surface area contributed by atoms with E-state index in [-0.39, 0.29) is 30.9 Å². The van der Waals surface area contributed by atoms with Gasteiger partial charge in [0.25, 0.3) is 0 Å². The van der Waals surface area contributed by atoms with E-state index < -0.39 is 5.97 Å². The smallest absolute Gasteiger partial charge is 0.326 e. The number of methoxy groups -OCH3 is 1. The van der Waals surface area contributed by atoms with Gasteiger partial charge in [-0.1, -0.05) is 36.4 Å². The van der Waals surface area contributed by atoms with Gasteiger partial charge in [-0.3, -0.25) is 9.59 Å². The van der Waals surface area contributed by atoms with Gasteiger partial charge in [0.05, 0.1) is 29.9 Å². The molecule has 1 aliphatic heterocycles. The molecule has 2 atom stereocenters. The van der Waals surface area contributed by atoms with Crippen molar-refractivity contribution in [3.05, 3.63) is 84.1 Å². The van der Waals surface area contributed by atoms with Crippen LogP contribution in [-0.4, -0.2) is 48.0 Å². The van der Waals surface area contributed by atoms with Gasteiger partial charge >= 0.3 is 5.97 Å². The standard InChI is InChI=1S/C25H21N3O4/c1-31-17-12-10-16(11-13-17)22(29)15-32-23(30)14-28-21-9-5-2-6-18(21)24-25(28)27-20-8-4-3-7-19(20)26-24/h2-13,18,21H,14-15H2,1H3/t18-,21+/m0/s1. The molecule has 0 fully saturated rings. The number of anilines is 1. The second-order valence-corrected chi connectivity index (χ2v) is 7.65. The number of hydrogen-bond donors (Lipinski definition) is 0. The lowest BCUT2D eigenvalue weighted by atomic mass is 9.95. The quantitative estimate of drug-likeness (QED) is 0.440. The fourth-order valence-electron chi connectivity index (χ4n) is 4.10. The van der Waals surface area contributed by atoms with Gasteiger partial charge in [-0.25, -0.2) is 9.97 Å². The van der Waals surface area contributed by atoms with Gasteiger partial charge in [0.2, 0.25) is 0 Å². The average Bonchev–Trinajstić information content (AvgIpc) is 3.13. The Morgan fingerprint density at radius 2 is 1.69 bits per heavy atom. The summed E-state index contributed by atoms with van der Waals surface area (Å²) in [7, 11) is 1.56. The molecule has 0 saturated heterocycles. The molecule has 0 N–H and O–H groups in total. The lowest BCUT2D eigenvalue weighted by Crippen LogP contribution is -2.38. The van der Waals surface area contributed by atoms with Crippen molar-refractivity contribution in [1.82, 2.24) is 9.97 Å². The third kappa shape index (κ3) is 3.62. The number of allylic oxidation sites excluding steroid dienone is 2. The average molecular weight is 427 g/mol. The van der Waals surface area contributed by atoms with Gasteiger partial charge in [0.15, 0.2) is 18.2 Å². The minimum Gasteiger partial charge on any atom is -0.497 e. The molecule has 3 aromatic rings. The summed E-state index contributed by atoms with van der Waals surface area (Å²) in [6.45, 7) is -0.339. The molecule has 1 aromatic heterocycles. The van der Waals surface area contributed by atoms with Crippen molar-refractivity contribution in [1.29, 1.82) is 0 Å². The van der Waals surface area contributed by atoms with E-state index in [0.717, 1.165) is 16.7 Å². The summed E-state index contributed by atoms with van der Waals surface area (Å²) in [6.07, 6.45) is 8.05. The highest BCUT2D eigenvalue weighted by atomic mass is 16.5. The Morgan fingerprint density at radius 1 is 0.969 bits per heavy atom. The molecule has 0 unspecified atom stereocenters. The summed E-state index contributed by atoms with van der Waals surface area (Å²) < 4.78 is 10.4. The predicted molar refractivity (Wildman–Crippen MR) is 120 cm³/mol. The molecule has 7 nitrogen and oxygen atoms in total. The van der Waals surface area contributed by atoms with Crippen molar-refractivity contribution in [2.24, 2.45) is 0 Å². The maximum Gasteiger partial charge on any atom is 0.326 e. The third-order valence-electron chi connectivity index (χ3n) is 5.71. The van der Waals surface area contributed by atoms with Crippen molar-refractivity contribution in [2.75, 3.05) is 25.2 Å². The van der Waals surface area contributed by atoms with Crippen LogP contribution in [0.2, 0.25) is 0 Å². The van der Waals surface area contributed by atoms with E-state index in [1.165, 1.54) is 0 Å². The van der Waals surface area contributed by atoms with Crippen LogP contribution in [0.25, 0.3) is 11.0 Å². The van der Waals surface area contributed by atoms with Crippen molar-refractivity contribution < 1.29 is 19.1 Å². The fourth-order valence-corrected chi connectivity index (χ4v) is 4.10. The molecule has 7 heteroatoms. The molecule has 0 bridgehead atoms. The second-order valence-electron chi connectivity index (χ2n) is 7.65. The first kappa shape index (κ1) is 19.9. The summed E-state index contributed by atoms with van der Waals surface area (Å²) in [5.41, 5.74) is 2.90. The van der Waals surface area contributed by atoms with E-state index in [9.17, 15) is 9.59 Å². The van der Waals surface area contributed by atoms with Gasteiger partial charge in [0, 0.05) is 11.5 Å². The molecular weight excluding hydrogens is 406 g/mol. The van der Waals surface area contributed by atoms with E-state index in [0.29, 0.717) is 17.1 Å².